The zero-order chi connectivity index (χ0) is 19.9. The molecule has 0 saturated heterocycles. The fourth-order valence-electron chi connectivity index (χ4n) is 3.77. The molecule has 2 aromatic carbocycles. The van der Waals surface area contributed by atoms with Crippen molar-refractivity contribution in [2.75, 3.05) is 0 Å². The zero-order valence-electron chi connectivity index (χ0n) is 16.2. The number of benzene rings is 2. The van der Waals surface area contributed by atoms with E-state index in [2.05, 4.69) is 5.32 Å². The molecule has 1 aliphatic carbocycles. The van der Waals surface area contributed by atoms with Crippen molar-refractivity contribution >= 4 is 11.9 Å². The summed E-state index contributed by atoms with van der Waals surface area (Å²) >= 11 is 0. The van der Waals surface area contributed by atoms with Gasteiger partial charge in [0.1, 0.15) is 12.4 Å². The molecular weight excluding hydrogens is 354 g/mol. The molecule has 0 bridgehead atoms. The van der Waals surface area contributed by atoms with E-state index in [1.54, 1.807) is 0 Å². The standard InChI is InChI=1S/C23H27NO4/c1-16-8-2-3-10-18(16)15-28-21-13-7-4-9-17(21)14-24-22(25)19-11-5-6-12-20(19)23(26)27/h2-4,7-10,13,19-20H,5-6,11-12,14-15H2,1H3,(H,24,25)(H,26,27). The predicted octanol–water partition coefficient (Wildman–Crippen LogP) is 4.08. The van der Waals surface area contributed by atoms with Gasteiger partial charge in [0.2, 0.25) is 5.91 Å². The molecule has 0 spiro atoms. The molecule has 148 valence electrons. The van der Waals surface area contributed by atoms with E-state index in [1.807, 2.05) is 55.5 Å². The Balaban J connectivity index is 1.62. The second-order valence-corrected chi connectivity index (χ2v) is 7.38. The monoisotopic (exact) mass is 381 g/mol. The summed E-state index contributed by atoms with van der Waals surface area (Å²) in [5, 5.41) is 12.3. The number of nitrogens with one attached hydrogen (secondary N) is 1. The molecule has 28 heavy (non-hydrogen) atoms. The quantitative estimate of drug-likeness (QED) is 0.758. The molecule has 2 N–H and O–H groups in total. The summed E-state index contributed by atoms with van der Waals surface area (Å²) in [4.78, 5) is 24.1. The van der Waals surface area contributed by atoms with E-state index in [0.717, 1.165) is 29.7 Å². The van der Waals surface area contributed by atoms with Gasteiger partial charge in [-0.1, -0.05) is 55.3 Å². The topological polar surface area (TPSA) is 75.6 Å². The lowest BCUT2D eigenvalue weighted by Gasteiger charge is -2.27. The first-order chi connectivity index (χ1) is 13.6. The van der Waals surface area contributed by atoms with Crippen LogP contribution >= 0.6 is 0 Å². The number of aryl methyl sites for hydroxylation is 1. The molecule has 1 fully saturated rings. The smallest absolute Gasteiger partial charge is 0.307 e. The molecule has 0 aliphatic heterocycles. The molecular formula is C23H27NO4. The summed E-state index contributed by atoms with van der Waals surface area (Å²) in [6.45, 7) is 2.83. The number of hydrogen-bond donors (Lipinski definition) is 2. The van der Waals surface area contributed by atoms with Crippen molar-refractivity contribution in [1.82, 2.24) is 5.32 Å². The summed E-state index contributed by atoms with van der Waals surface area (Å²) in [7, 11) is 0. The number of carboxylic acid groups (broad SMARTS) is 1. The van der Waals surface area contributed by atoms with E-state index in [0.29, 0.717) is 26.0 Å². The third-order valence-electron chi connectivity index (χ3n) is 5.49. The highest BCUT2D eigenvalue weighted by Crippen LogP contribution is 2.30. The maximum Gasteiger partial charge on any atom is 0.307 e. The number of aliphatic carboxylic acids is 1. The molecule has 2 aromatic rings. The fraction of sp³-hybridized carbons (Fsp3) is 0.391. The lowest BCUT2D eigenvalue weighted by Crippen LogP contribution is -2.39. The predicted molar refractivity (Wildman–Crippen MR) is 107 cm³/mol. The van der Waals surface area contributed by atoms with Gasteiger partial charge in [-0.3, -0.25) is 9.59 Å². The zero-order valence-corrected chi connectivity index (χ0v) is 16.2. The van der Waals surface area contributed by atoms with Crippen LogP contribution in [0.1, 0.15) is 42.4 Å². The Labute approximate surface area is 165 Å². The second-order valence-electron chi connectivity index (χ2n) is 7.38. The van der Waals surface area contributed by atoms with Crippen LogP contribution < -0.4 is 10.1 Å². The maximum atomic E-state index is 12.6. The van der Waals surface area contributed by atoms with E-state index < -0.39 is 17.8 Å². The van der Waals surface area contributed by atoms with Gasteiger partial charge in [0.05, 0.1) is 11.8 Å². The number of ether oxygens (including phenoxy) is 1. The van der Waals surface area contributed by atoms with E-state index in [1.165, 1.54) is 5.56 Å². The SMILES string of the molecule is Cc1ccccc1COc1ccccc1CNC(=O)C1CCCCC1C(=O)O. The summed E-state index contributed by atoms with van der Waals surface area (Å²) in [5.41, 5.74) is 3.17. The molecule has 1 amide bonds. The van der Waals surface area contributed by atoms with Gasteiger partial charge in [-0.25, -0.2) is 0 Å². The molecule has 2 unspecified atom stereocenters. The Morgan fingerprint density at radius 1 is 1.00 bits per heavy atom. The number of rotatable bonds is 7. The van der Waals surface area contributed by atoms with Crippen LogP contribution in [0.2, 0.25) is 0 Å². The van der Waals surface area contributed by atoms with E-state index in [-0.39, 0.29) is 5.91 Å². The van der Waals surface area contributed by atoms with Crippen LogP contribution in [0, 0.1) is 18.8 Å². The Kier molecular flexibility index (Phi) is 6.69. The van der Waals surface area contributed by atoms with Gasteiger partial charge in [0, 0.05) is 12.1 Å². The van der Waals surface area contributed by atoms with Crippen LogP contribution in [0.5, 0.6) is 5.75 Å². The molecule has 0 aromatic heterocycles. The Hall–Kier alpha value is -2.82. The number of carbonyl (C=O) groups excluding carboxylic acids is 1. The van der Waals surface area contributed by atoms with Crippen molar-refractivity contribution in [3.63, 3.8) is 0 Å². The van der Waals surface area contributed by atoms with Gasteiger partial charge >= 0.3 is 5.97 Å². The maximum absolute atomic E-state index is 12.6. The molecule has 5 nitrogen and oxygen atoms in total. The van der Waals surface area contributed by atoms with Gasteiger partial charge < -0.3 is 15.2 Å². The van der Waals surface area contributed by atoms with Crippen molar-refractivity contribution in [2.24, 2.45) is 11.8 Å². The summed E-state index contributed by atoms with van der Waals surface area (Å²) in [6, 6.07) is 15.7. The van der Waals surface area contributed by atoms with Crippen LogP contribution in [0.15, 0.2) is 48.5 Å². The molecule has 1 aliphatic rings. The van der Waals surface area contributed by atoms with Crippen molar-refractivity contribution in [3.8, 4) is 5.75 Å². The normalized spacial score (nSPS) is 19.0. The molecule has 2 atom stereocenters. The van der Waals surface area contributed by atoms with E-state index >= 15 is 0 Å². The van der Waals surface area contributed by atoms with Gasteiger partial charge in [-0.15, -0.1) is 0 Å². The highest BCUT2D eigenvalue weighted by atomic mass is 16.5. The number of amides is 1. The first-order valence-electron chi connectivity index (χ1n) is 9.82. The van der Waals surface area contributed by atoms with Crippen molar-refractivity contribution in [1.29, 1.82) is 0 Å². The molecule has 5 heteroatoms. The average Bonchev–Trinajstić information content (AvgIpc) is 2.72. The minimum absolute atomic E-state index is 0.180. The first kappa shape index (κ1) is 19.9. The van der Waals surface area contributed by atoms with Gasteiger partial charge in [-0.05, 0) is 37.0 Å². The lowest BCUT2D eigenvalue weighted by molar-refractivity contribution is -0.148. The molecule has 1 saturated carbocycles. The second kappa shape index (κ2) is 9.40. The van der Waals surface area contributed by atoms with Crippen molar-refractivity contribution in [3.05, 3.63) is 65.2 Å². The fourth-order valence-corrected chi connectivity index (χ4v) is 3.77. The van der Waals surface area contributed by atoms with Gasteiger partial charge in [0.15, 0.2) is 0 Å². The summed E-state index contributed by atoms with van der Waals surface area (Å²) in [6.07, 6.45) is 2.98. The van der Waals surface area contributed by atoms with Crippen LogP contribution in [0.4, 0.5) is 0 Å². The van der Waals surface area contributed by atoms with Crippen molar-refractivity contribution in [2.45, 2.75) is 45.8 Å². The Bertz CT molecular complexity index is 833. The van der Waals surface area contributed by atoms with Crippen molar-refractivity contribution < 1.29 is 19.4 Å². The largest absolute Gasteiger partial charge is 0.489 e. The number of para-hydroxylation sites is 1. The summed E-state index contributed by atoms with van der Waals surface area (Å²) < 4.78 is 6.00. The van der Waals surface area contributed by atoms with Crippen LogP contribution in [0.3, 0.4) is 0 Å². The van der Waals surface area contributed by atoms with Crippen LogP contribution in [-0.4, -0.2) is 17.0 Å². The van der Waals surface area contributed by atoms with E-state index in [4.69, 9.17) is 4.74 Å². The number of carbonyl (C=O) groups is 2. The third-order valence-corrected chi connectivity index (χ3v) is 5.49. The molecule has 3 rings (SSSR count). The Morgan fingerprint density at radius 2 is 1.64 bits per heavy atom. The number of carboxylic acids is 1. The van der Waals surface area contributed by atoms with Gasteiger partial charge in [0.25, 0.3) is 0 Å². The highest BCUT2D eigenvalue weighted by molar-refractivity contribution is 5.84. The average molecular weight is 381 g/mol. The first-order valence-corrected chi connectivity index (χ1v) is 9.82. The van der Waals surface area contributed by atoms with Gasteiger partial charge in [-0.2, -0.15) is 0 Å². The van der Waals surface area contributed by atoms with Crippen LogP contribution in [0.25, 0.3) is 0 Å². The Morgan fingerprint density at radius 3 is 2.36 bits per heavy atom. The summed E-state index contributed by atoms with van der Waals surface area (Å²) in [5.74, 6) is -1.36. The third kappa shape index (κ3) is 4.91. The minimum atomic E-state index is -0.873. The minimum Gasteiger partial charge on any atom is -0.489 e. The number of hydrogen-bond acceptors (Lipinski definition) is 3. The van der Waals surface area contributed by atoms with Crippen LogP contribution in [-0.2, 0) is 22.7 Å². The molecule has 0 radical (unpaired) electrons. The highest BCUT2D eigenvalue weighted by Gasteiger charge is 2.35. The molecule has 0 heterocycles. The van der Waals surface area contributed by atoms with E-state index in [9.17, 15) is 14.7 Å². The lowest BCUT2D eigenvalue weighted by atomic mass is 9.78.